The van der Waals surface area contributed by atoms with Gasteiger partial charge in [-0.25, -0.2) is 4.39 Å². The van der Waals surface area contributed by atoms with Crippen LogP contribution < -0.4 is 10.9 Å². The van der Waals surface area contributed by atoms with E-state index in [0.29, 0.717) is 5.56 Å². The van der Waals surface area contributed by atoms with Crippen molar-refractivity contribution in [2.24, 2.45) is 0 Å². The van der Waals surface area contributed by atoms with Crippen LogP contribution >= 0.6 is 11.6 Å². The molecule has 0 aliphatic rings. The van der Waals surface area contributed by atoms with Crippen molar-refractivity contribution in [2.45, 2.75) is 6.54 Å². The van der Waals surface area contributed by atoms with E-state index < -0.39 is 5.82 Å². The van der Waals surface area contributed by atoms with E-state index in [9.17, 15) is 9.18 Å². The van der Waals surface area contributed by atoms with Crippen LogP contribution in [0.5, 0.6) is 0 Å². The Bertz CT molecular complexity index is 840. The van der Waals surface area contributed by atoms with Crippen LogP contribution in [0.25, 0.3) is 10.9 Å². The minimum atomic E-state index is -0.445. The Morgan fingerprint density at radius 2 is 1.95 bits per heavy atom. The molecule has 0 bridgehead atoms. The van der Waals surface area contributed by atoms with E-state index in [0.717, 1.165) is 10.9 Å². The third-order valence-electron chi connectivity index (χ3n) is 3.25. The zero-order valence-electron chi connectivity index (χ0n) is 11.0. The number of fused-ring (bicyclic) bond motifs is 1. The van der Waals surface area contributed by atoms with Crippen LogP contribution in [0.3, 0.4) is 0 Å². The number of H-pyrrole nitrogens is 1. The van der Waals surface area contributed by atoms with Crippen LogP contribution in [0, 0.1) is 5.82 Å². The SMILES string of the molecule is O=c1[nH]c2ccccc2cc1CNc1c(F)cccc1Cl. The first kappa shape index (κ1) is 13.6. The highest BCUT2D eigenvalue weighted by Gasteiger charge is 2.08. The van der Waals surface area contributed by atoms with Gasteiger partial charge in [-0.15, -0.1) is 0 Å². The number of benzene rings is 2. The summed E-state index contributed by atoms with van der Waals surface area (Å²) in [5, 5.41) is 4.09. The summed E-state index contributed by atoms with van der Waals surface area (Å²) in [5.41, 5.74) is 1.29. The number of hydrogen-bond acceptors (Lipinski definition) is 2. The molecule has 0 atom stereocenters. The fourth-order valence-corrected chi connectivity index (χ4v) is 2.40. The predicted octanol–water partition coefficient (Wildman–Crippen LogP) is 3.93. The summed E-state index contributed by atoms with van der Waals surface area (Å²) in [7, 11) is 0. The Hall–Kier alpha value is -2.33. The Kier molecular flexibility index (Phi) is 3.62. The Morgan fingerprint density at radius 3 is 2.76 bits per heavy atom. The normalized spacial score (nSPS) is 10.8. The van der Waals surface area contributed by atoms with E-state index >= 15 is 0 Å². The molecular formula is C16H12ClFN2O. The number of aromatic amines is 1. The number of nitrogens with one attached hydrogen (secondary N) is 2. The minimum Gasteiger partial charge on any atom is -0.377 e. The van der Waals surface area contributed by atoms with Crippen LogP contribution in [0.4, 0.5) is 10.1 Å². The second kappa shape index (κ2) is 5.58. The van der Waals surface area contributed by atoms with Gasteiger partial charge in [0.15, 0.2) is 0 Å². The van der Waals surface area contributed by atoms with Crippen LogP contribution in [-0.4, -0.2) is 4.98 Å². The largest absolute Gasteiger partial charge is 0.377 e. The van der Waals surface area contributed by atoms with E-state index in [1.807, 2.05) is 24.3 Å². The quantitative estimate of drug-likeness (QED) is 0.770. The second-order valence-corrected chi connectivity index (χ2v) is 5.07. The average Bonchev–Trinajstić information content (AvgIpc) is 2.47. The maximum absolute atomic E-state index is 13.7. The van der Waals surface area contributed by atoms with E-state index in [2.05, 4.69) is 10.3 Å². The molecule has 106 valence electrons. The van der Waals surface area contributed by atoms with Crippen molar-refractivity contribution in [1.29, 1.82) is 0 Å². The lowest BCUT2D eigenvalue weighted by atomic mass is 10.1. The molecule has 0 aliphatic heterocycles. The zero-order chi connectivity index (χ0) is 14.8. The fourth-order valence-electron chi connectivity index (χ4n) is 2.17. The first-order chi connectivity index (χ1) is 10.1. The van der Waals surface area contributed by atoms with Gasteiger partial charge in [0.1, 0.15) is 5.82 Å². The summed E-state index contributed by atoms with van der Waals surface area (Å²) in [6, 6.07) is 13.7. The van der Waals surface area contributed by atoms with E-state index in [1.165, 1.54) is 12.1 Å². The summed E-state index contributed by atoms with van der Waals surface area (Å²) >= 11 is 5.94. The number of aromatic nitrogens is 1. The zero-order valence-corrected chi connectivity index (χ0v) is 11.7. The maximum atomic E-state index is 13.7. The number of halogens is 2. The number of hydrogen-bond donors (Lipinski definition) is 2. The third-order valence-corrected chi connectivity index (χ3v) is 3.56. The summed E-state index contributed by atoms with van der Waals surface area (Å²) in [6.07, 6.45) is 0. The van der Waals surface area contributed by atoms with E-state index in [4.69, 9.17) is 11.6 Å². The lowest BCUT2D eigenvalue weighted by molar-refractivity contribution is 0.630. The van der Waals surface area contributed by atoms with Crippen LogP contribution in [0.2, 0.25) is 5.02 Å². The summed E-state index contributed by atoms with van der Waals surface area (Å²) < 4.78 is 13.7. The molecule has 3 rings (SSSR count). The molecule has 0 spiro atoms. The highest BCUT2D eigenvalue weighted by Crippen LogP contribution is 2.25. The molecule has 5 heteroatoms. The fraction of sp³-hybridized carbons (Fsp3) is 0.0625. The molecule has 3 aromatic rings. The van der Waals surface area contributed by atoms with Gasteiger partial charge >= 0.3 is 0 Å². The van der Waals surface area contributed by atoms with Gasteiger partial charge in [-0.05, 0) is 29.7 Å². The smallest absolute Gasteiger partial charge is 0.253 e. The molecule has 0 radical (unpaired) electrons. The molecular weight excluding hydrogens is 291 g/mol. The lowest BCUT2D eigenvalue weighted by Gasteiger charge is -2.09. The first-order valence-electron chi connectivity index (χ1n) is 6.44. The second-order valence-electron chi connectivity index (χ2n) is 4.66. The molecule has 0 amide bonds. The molecule has 3 nitrogen and oxygen atoms in total. The van der Waals surface area contributed by atoms with E-state index in [1.54, 1.807) is 12.1 Å². The van der Waals surface area contributed by atoms with Gasteiger partial charge in [-0.3, -0.25) is 4.79 Å². The minimum absolute atomic E-state index is 0.195. The molecule has 0 unspecified atom stereocenters. The number of rotatable bonds is 3. The van der Waals surface area contributed by atoms with Crippen molar-refractivity contribution in [2.75, 3.05) is 5.32 Å². The highest BCUT2D eigenvalue weighted by molar-refractivity contribution is 6.33. The number of para-hydroxylation sites is 2. The molecule has 2 aromatic carbocycles. The van der Waals surface area contributed by atoms with Crippen molar-refractivity contribution >= 4 is 28.2 Å². The van der Waals surface area contributed by atoms with Crippen LogP contribution in [0.15, 0.2) is 53.3 Å². The van der Waals surface area contributed by atoms with Gasteiger partial charge < -0.3 is 10.3 Å². The van der Waals surface area contributed by atoms with Crippen molar-refractivity contribution in [1.82, 2.24) is 4.98 Å². The Morgan fingerprint density at radius 1 is 1.14 bits per heavy atom. The van der Waals surface area contributed by atoms with Crippen molar-refractivity contribution in [3.8, 4) is 0 Å². The maximum Gasteiger partial charge on any atom is 0.253 e. The number of anilines is 1. The standard InChI is InChI=1S/C16H12ClFN2O/c17-12-5-3-6-13(18)15(12)19-9-11-8-10-4-1-2-7-14(10)20-16(11)21/h1-8,19H,9H2,(H,20,21). The monoisotopic (exact) mass is 302 g/mol. The summed E-state index contributed by atoms with van der Waals surface area (Å²) in [4.78, 5) is 14.8. The third kappa shape index (κ3) is 2.76. The molecule has 0 fully saturated rings. The Labute approximate surface area is 125 Å². The Balaban J connectivity index is 1.92. The van der Waals surface area contributed by atoms with Crippen LogP contribution in [-0.2, 0) is 6.54 Å². The molecule has 1 heterocycles. The van der Waals surface area contributed by atoms with Gasteiger partial charge in [-0.1, -0.05) is 35.9 Å². The van der Waals surface area contributed by atoms with Gasteiger partial charge in [-0.2, -0.15) is 0 Å². The summed E-state index contributed by atoms with van der Waals surface area (Å²) in [5.74, 6) is -0.445. The highest BCUT2D eigenvalue weighted by atomic mass is 35.5. The first-order valence-corrected chi connectivity index (χ1v) is 6.82. The summed E-state index contributed by atoms with van der Waals surface area (Å²) in [6.45, 7) is 0.195. The topological polar surface area (TPSA) is 44.9 Å². The van der Waals surface area contributed by atoms with E-state index in [-0.39, 0.29) is 22.8 Å². The molecule has 0 saturated heterocycles. The molecule has 1 aromatic heterocycles. The van der Waals surface area contributed by atoms with Crippen molar-refractivity contribution in [3.05, 3.63) is 75.3 Å². The van der Waals surface area contributed by atoms with Gasteiger partial charge in [0.05, 0.1) is 10.7 Å². The molecule has 0 aliphatic carbocycles. The van der Waals surface area contributed by atoms with Gasteiger partial charge in [0, 0.05) is 17.6 Å². The molecule has 0 saturated carbocycles. The molecule has 2 N–H and O–H groups in total. The average molecular weight is 303 g/mol. The lowest BCUT2D eigenvalue weighted by Crippen LogP contribution is -2.16. The van der Waals surface area contributed by atoms with Gasteiger partial charge in [0.25, 0.3) is 5.56 Å². The van der Waals surface area contributed by atoms with Crippen LogP contribution in [0.1, 0.15) is 5.56 Å². The van der Waals surface area contributed by atoms with Gasteiger partial charge in [0.2, 0.25) is 0 Å². The number of pyridine rings is 1. The van der Waals surface area contributed by atoms with Crippen molar-refractivity contribution in [3.63, 3.8) is 0 Å². The predicted molar refractivity (Wildman–Crippen MR) is 83.3 cm³/mol. The van der Waals surface area contributed by atoms with Crippen molar-refractivity contribution < 1.29 is 4.39 Å². The molecule has 21 heavy (non-hydrogen) atoms.